The van der Waals surface area contributed by atoms with Crippen LogP contribution >= 0.6 is 0 Å². The lowest BCUT2D eigenvalue weighted by Crippen LogP contribution is -2.53. The fraction of sp³-hybridized carbons (Fsp3) is 0.412. The monoisotopic (exact) mass is 367 g/mol. The third-order valence-corrected chi connectivity index (χ3v) is 4.70. The van der Waals surface area contributed by atoms with Crippen molar-refractivity contribution >= 4 is 5.82 Å². The van der Waals surface area contributed by atoms with Gasteiger partial charge in [0.15, 0.2) is 17.5 Å². The van der Waals surface area contributed by atoms with E-state index in [0.717, 1.165) is 12.1 Å². The number of halogens is 3. The summed E-state index contributed by atoms with van der Waals surface area (Å²) in [7, 11) is 0. The van der Waals surface area contributed by atoms with Crippen LogP contribution in [0.2, 0.25) is 0 Å². The average Bonchev–Trinajstić information content (AvgIpc) is 2.91. The number of rotatable bonds is 3. The molecule has 1 atom stereocenters. The van der Waals surface area contributed by atoms with Crippen LogP contribution in [0, 0.1) is 17.5 Å². The molecular formula is C17H16F3N3O3. The summed E-state index contributed by atoms with van der Waals surface area (Å²) in [5.41, 5.74) is -0.696. The molecule has 0 radical (unpaired) electrons. The number of fused-ring (bicyclic) bond motifs is 3. The predicted molar refractivity (Wildman–Crippen MR) is 85.7 cm³/mol. The van der Waals surface area contributed by atoms with Crippen LogP contribution in [0.25, 0.3) is 0 Å². The summed E-state index contributed by atoms with van der Waals surface area (Å²) in [5.74, 6) is -3.41. The van der Waals surface area contributed by atoms with E-state index in [1.165, 1.54) is 0 Å². The largest absolute Gasteiger partial charge is 0.473 e. The molecule has 0 saturated carbocycles. The average molecular weight is 367 g/mol. The lowest BCUT2D eigenvalue weighted by molar-refractivity contribution is 0.0586. The molecule has 1 aromatic heterocycles. The zero-order valence-electron chi connectivity index (χ0n) is 14.0. The van der Waals surface area contributed by atoms with Crippen molar-refractivity contribution in [3.8, 4) is 5.88 Å². The molecule has 2 aliphatic heterocycles. The van der Waals surface area contributed by atoms with Gasteiger partial charge in [0.2, 0.25) is 5.88 Å². The minimum absolute atomic E-state index is 0.0436. The molecule has 0 spiro atoms. The molecule has 4 rings (SSSR count). The highest BCUT2D eigenvalue weighted by Crippen LogP contribution is 2.35. The van der Waals surface area contributed by atoms with Crippen molar-refractivity contribution < 1.29 is 22.6 Å². The highest BCUT2D eigenvalue weighted by atomic mass is 19.2. The normalized spacial score (nSPS) is 21.5. The summed E-state index contributed by atoms with van der Waals surface area (Å²) in [6.07, 6.45) is 0. The highest BCUT2D eigenvalue weighted by molar-refractivity contribution is 5.49. The molecule has 138 valence electrons. The maximum atomic E-state index is 13.3. The summed E-state index contributed by atoms with van der Waals surface area (Å²) < 4.78 is 52.1. The second-order valence-corrected chi connectivity index (χ2v) is 6.68. The number of morpholine rings is 1. The van der Waals surface area contributed by atoms with E-state index in [9.17, 15) is 18.0 Å². The van der Waals surface area contributed by atoms with Gasteiger partial charge in [0.05, 0.1) is 25.3 Å². The Hall–Kier alpha value is -2.55. The number of ether oxygens (including phenoxy) is 2. The van der Waals surface area contributed by atoms with Crippen molar-refractivity contribution in [3.63, 3.8) is 0 Å². The van der Waals surface area contributed by atoms with E-state index in [2.05, 4.69) is 9.88 Å². The quantitative estimate of drug-likeness (QED) is 0.775. The molecule has 1 saturated heterocycles. The van der Waals surface area contributed by atoms with Gasteiger partial charge in [0.1, 0.15) is 12.4 Å². The molecule has 0 amide bonds. The van der Waals surface area contributed by atoms with E-state index < -0.39 is 23.1 Å². The maximum absolute atomic E-state index is 13.3. The second-order valence-electron chi connectivity index (χ2n) is 6.68. The van der Waals surface area contributed by atoms with Crippen molar-refractivity contribution in [2.24, 2.45) is 0 Å². The predicted octanol–water partition coefficient (Wildman–Crippen LogP) is 1.85. The smallest absolute Gasteiger partial charge is 0.352 e. The molecule has 1 unspecified atom stereocenters. The number of benzene rings is 1. The summed E-state index contributed by atoms with van der Waals surface area (Å²) >= 11 is 0. The van der Waals surface area contributed by atoms with E-state index >= 15 is 0 Å². The Morgan fingerprint density at radius 2 is 2.00 bits per heavy atom. The van der Waals surface area contributed by atoms with Crippen molar-refractivity contribution in [3.05, 3.63) is 51.7 Å². The molecule has 3 heterocycles. The van der Waals surface area contributed by atoms with E-state index in [0.29, 0.717) is 32.1 Å². The first-order valence-corrected chi connectivity index (χ1v) is 8.11. The van der Waals surface area contributed by atoms with Gasteiger partial charge in [0.25, 0.3) is 0 Å². The van der Waals surface area contributed by atoms with E-state index in [-0.39, 0.29) is 23.6 Å². The molecular weight excluding hydrogens is 351 g/mol. The Kier molecular flexibility index (Phi) is 3.91. The Morgan fingerprint density at radius 3 is 2.73 bits per heavy atom. The fourth-order valence-electron chi connectivity index (χ4n) is 3.43. The number of anilines is 1. The van der Waals surface area contributed by atoms with Crippen LogP contribution < -0.4 is 15.3 Å². The van der Waals surface area contributed by atoms with Gasteiger partial charge in [-0.1, -0.05) is 0 Å². The van der Waals surface area contributed by atoms with E-state index in [4.69, 9.17) is 9.47 Å². The zero-order chi connectivity index (χ0) is 18.5. The standard InChI is InChI=1S/C17H16F3N3O3/c1-17-8-22-14(23(17)2-3-25-9-17)6-13(21-16(22)24)26-7-10-4-11(18)15(20)12(19)5-10/h4-6H,2-3,7-9H2,1H3. The fourth-order valence-corrected chi connectivity index (χ4v) is 3.43. The van der Waals surface area contributed by atoms with Crippen LogP contribution in [-0.2, 0) is 17.9 Å². The number of hydrogen-bond acceptors (Lipinski definition) is 5. The number of aromatic nitrogens is 2. The molecule has 1 fully saturated rings. The SMILES string of the molecule is CC12COCCN1c1cc(OCc3cc(F)c(F)c(F)c3)nc(=O)n1C2. The third-order valence-electron chi connectivity index (χ3n) is 4.70. The van der Waals surface area contributed by atoms with Gasteiger partial charge < -0.3 is 14.4 Å². The van der Waals surface area contributed by atoms with Crippen molar-refractivity contribution in [2.45, 2.75) is 25.6 Å². The van der Waals surface area contributed by atoms with E-state index in [1.807, 2.05) is 6.92 Å². The highest BCUT2D eigenvalue weighted by Gasteiger charge is 2.43. The number of nitrogens with zero attached hydrogens (tertiary/aromatic N) is 3. The first-order valence-electron chi connectivity index (χ1n) is 8.11. The first-order chi connectivity index (χ1) is 12.4. The van der Waals surface area contributed by atoms with Crippen molar-refractivity contribution in [2.75, 3.05) is 24.7 Å². The summed E-state index contributed by atoms with van der Waals surface area (Å²) in [6, 6.07) is 3.31. The van der Waals surface area contributed by atoms with Crippen LogP contribution in [0.4, 0.5) is 19.0 Å². The Morgan fingerprint density at radius 1 is 1.27 bits per heavy atom. The van der Waals surface area contributed by atoms with Crippen LogP contribution in [0.3, 0.4) is 0 Å². The van der Waals surface area contributed by atoms with Gasteiger partial charge in [-0.2, -0.15) is 4.98 Å². The molecule has 0 N–H and O–H groups in total. The van der Waals surface area contributed by atoms with Gasteiger partial charge in [-0.05, 0) is 24.6 Å². The minimum Gasteiger partial charge on any atom is -0.473 e. The lowest BCUT2D eigenvalue weighted by atomic mass is 10.0. The van der Waals surface area contributed by atoms with Crippen molar-refractivity contribution in [1.29, 1.82) is 0 Å². The summed E-state index contributed by atoms with van der Waals surface area (Å²) in [5, 5.41) is 0. The van der Waals surface area contributed by atoms with Crippen LogP contribution in [0.5, 0.6) is 5.88 Å². The molecule has 0 bridgehead atoms. The molecule has 2 aromatic rings. The van der Waals surface area contributed by atoms with Gasteiger partial charge in [-0.15, -0.1) is 0 Å². The van der Waals surface area contributed by atoms with Gasteiger partial charge >= 0.3 is 5.69 Å². The molecule has 0 aliphatic carbocycles. The van der Waals surface area contributed by atoms with Gasteiger partial charge in [-0.3, -0.25) is 4.57 Å². The molecule has 1 aromatic carbocycles. The Bertz CT molecular complexity index is 910. The Balaban J connectivity index is 1.59. The zero-order valence-corrected chi connectivity index (χ0v) is 14.0. The summed E-state index contributed by atoms with van der Waals surface area (Å²) in [6.45, 7) is 3.90. The van der Waals surface area contributed by atoms with Gasteiger partial charge in [-0.25, -0.2) is 18.0 Å². The molecule has 2 aliphatic rings. The third kappa shape index (κ3) is 2.72. The molecule has 9 heteroatoms. The van der Waals surface area contributed by atoms with Gasteiger partial charge in [0, 0.05) is 12.6 Å². The summed E-state index contributed by atoms with van der Waals surface area (Å²) in [4.78, 5) is 18.3. The van der Waals surface area contributed by atoms with Crippen LogP contribution in [0.1, 0.15) is 12.5 Å². The lowest BCUT2D eigenvalue weighted by Gasteiger charge is -2.39. The second kappa shape index (κ2) is 6.01. The van der Waals surface area contributed by atoms with Crippen molar-refractivity contribution in [1.82, 2.24) is 9.55 Å². The van der Waals surface area contributed by atoms with E-state index in [1.54, 1.807) is 10.6 Å². The molecule has 26 heavy (non-hydrogen) atoms. The van der Waals surface area contributed by atoms with Crippen LogP contribution in [0.15, 0.2) is 23.0 Å². The topological polar surface area (TPSA) is 56.6 Å². The Labute approximate surface area is 146 Å². The number of hydrogen-bond donors (Lipinski definition) is 0. The molecule has 6 nitrogen and oxygen atoms in total. The minimum atomic E-state index is -1.53. The first kappa shape index (κ1) is 16.9. The maximum Gasteiger partial charge on any atom is 0.352 e. The van der Waals surface area contributed by atoms with Crippen LogP contribution in [-0.4, -0.2) is 34.8 Å².